The maximum atomic E-state index is 6.50. The third kappa shape index (κ3) is 5.57. The molecular weight excluding hydrogens is 613 g/mol. The second kappa shape index (κ2) is 12.6. The highest BCUT2D eigenvalue weighted by Gasteiger charge is 2.16. The van der Waals surface area contributed by atoms with Crippen LogP contribution in [0.3, 0.4) is 0 Å². The predicted molar refractivity (Wildman–Crippen MR) is 204 cm³/mol. The number of anilines is 3. The lowest BCUT2D eigenvalue weighted by atomic mass is 10.0. The quantitative estimate of drug-likeness (QED) is 0.173. The standard InChI is InChI=1S/C45H30N4O/c1-5-13-32(14-6-1)43-46-44(33-15-7-2-8-16-33)48-45(47-43)35-24-28-40-39-27-23-34(29-41(39)50-42(40)30-35)31-21-25-38(26-22-31)49(36-17-9-3-10-18-36)37-19-11-4-12-20-37/h1-30H. The van der Waals surface area contributed by atoms with Crippen molar-refractivity contribution >= 4 is 39.0 Å². The largest absolute Gasteiger partial charge is 0.456 e. The highest BCUT2D eigenvalue weighted by atomic mass is 16.3. The van der Waals surface area contributed by atoms with Crippen molar-refractivity contribution in [3.63, 3.8) is 0 Å². The van der Waals surface area contributed by atoms with E-state index in [4.69, 9.17) is 19.4 Å². The van der Waals surface area contributed by atoms with Gasteiger partial charge in [-0.3, -0.25) is 0 Å². The van der Waals surface area contributed by atoms with Crippen molar-refractivity contribution in [1.29, 1.82) is 0 Å². The molecule has 0 bridgehead atoms. The van der Waals surface area contributed by atoms with Gasteiger partial charge in [0.1, 0.15) is 11.2 Å². The third-order valence-electron chi connectivity index (χ3n) is 8.92. The van der Waals surface area contributed by atoms with Crippen LogP contribution in [-0.2, 0) is 0 Å². The van der Waals surface area contributed by atoms with E-state index in [1.54, 1.807) is 0 Å². The average molecular weight is 643 g/mol. The maximum absolute atomic E-state index is 6.50. The van der Waals surface area contributed by atoms with Gasteiger partial charge in [0.15, 0.2) is 17.5 Å². The Kier molecular flexibility index (Phi) is 7.41. The molecule has 7 aromatic carbocycles. The minimum absolute atomic E-state index is 0.598. The Labute approximate surface area is 289 Å². The number of furan rings is 1. The molecule has 2 aromatic heterocycles. The van der Waals surface area contributed by atoms with Crippen LogP contribution in [0.1, 0.15) is 0 Å². The minimum Gasteiger partial charge on any atom is -0.456 e. The van der Waals surface area contributed by atoms with Crippen LogP contribution >= 0.6 is 0 Å². The Balaban J connectivity index is 1.07. The summed E-state index contributed by atoms with van der Waals surface area (Å²) in [7, 11) is 0. The molecule has 9 rings (SSSR count). The van der Waals surface area contributed by atoms with Gasteiger partial charge in [-0.1, -0.05) is 121 Å². The highest BCUT2D eigenvalue weighted by Crippen LogP contribution is 2.37. The molecule has 50 heavy (non-hydrogen) atoms. The second-order valence-corrected chi connectivity index (χ2v) is 12.1. The molecule has 2 heterocycles. The molecule has 0 aliphatic heterocycles. The van der Waals surface area contributed by atoms with Crippen molar-refractivity contribution in [3.8, 4) is 45.3 Å². The summed E-state index contributed by atoms with van der Waals surface area (Å²) >= 11 is 0. The lowest BCUT2D eigenvalue weighted by Crippen LogP contribution is -2.09. The van der Waals surface area contributed by atoms with Crippen LogP contribution in [0.5, 0.6) is 0 Å². The van der Waals surface area contributed by atoms with Crippen LogP contribution in [-0.4, -0.2) is 15.0 Å². The van der Waals surface area contributed by atoms with E-state index in [1.165, 1.54) is 0 Å². The molecule has 236 valence electrons. The van der Waals surface area contributed by atoms with Gasteiger partial charge >= 0.3 is 0 Å². The fourth-order valence-corrected chi connectivity index (χ4v) is 6.44. The van der Waals surface area contributed by atoms with Gasteiger partial charge in [0, 0.05) is 44.5 Å². The Hall–Kier alpha value is -6.85. The zero-order valence-electron chi connectivity index (χ0n) is 27.0. The summed E-state index contributed by atoms with van der Waals surface area (Å²) in [5, 5.41) is 2.12. The molecule has 0 saturated carbocycles. The first-order valence-electron chi connectivity index (χ1n) is 16.6. The highest BCUT2D eigenvalue weighted by molar-refractivity contribution is 6.06. The molecule has 5 nitrogen and oxygen atoms in total. The summed E-state index contributed by atoms with van der Waals surface area (Å²) in [6.45, 7) is 0. The number of benzene rings is 7. The number of para-hydroxylation sites is 2. The molecule has 0 unspecified atom stereocenters. The van der Waals surface area contributed by atoms with Gasteiger partial charge in [-0.15, -0.1) is 0 Å². The van der Waals surface area contributed by atoms with E-state index in [2.05, 4.69) is 108 Å². The smallest absolute Gasteiger partial charge is 0.164 e. The van der Waals surface area contributed by atoms with Crippen molar-refractivity contribution in [1.82, 2.24) is 15.0 Å². The Morgan fingerprint density at radius 3 is 1.20 bits per heavy atom. The molecule has 5 heteroatoms. The van der Waals surface area contributed by atoms with Gasteiger partial charge in [-0.2, -0.15) is 0 Å². The van der Waals surface area contributed by atoms with E-state index in [0.717, 1.165) is 66.8 Å². The number of nitrogens with zero attached hydrogens (tertiary/aromatic N) is 4. The van der Waals surface area contributed by atoms with E-state index >= 15 is 0 Å². The van der Waals surface area contributed by atoms with Crippen LogP contribution in [0.15, 0.2) is 186 Å². The topological polar surface area (TPSA) is 55.1 Å². The van der Waals surface area contributed by atoms with E-state index in [0.29, 0.717) is 17.5 Å². The molecule has 0 atom stereocenters. The predicted octanol–water partition coefficient (Wildman–Crippen LogP) is 11.9. The molecule has 0 fully saturated rings. The van der Waals surface area contributed by atoms with Gasteiger partial charge in [0.05, 0.1) is 0 Å². The van der Waals surface area contributed by atoms with Gasteiger partial charge in [0.2, 0.25) is 0 Å². The number of hydrogen-bond donors (Lipinski definition) is 0. The molecule has 0 N–H and O–H groups in total. The zero-order chi connectivity index (χ0) is 33.3. The normalized spacial score (nSPS) is 11.2. The first-order chi connectivity index (χ1) is 24.8. The van der Waals surface area contributed by atoms with E-state index in [-0.39, 0.29) is 0 Å². The summed E-state index contributed by atoms with van der Waals surface area (Å²) < 4.78 is 6.50. The Morgan fingerprint density at radius 2 is 0.700 bits per heavy atom. The molecule has 9 aromatic rings. The van der Waals surface area contributed by atoms with Crippen molar-refractivity contribution < 1.29 is 4.42 Å². The summed E-state index contributed by atoms with van der Waals surface area (Å²) in [5.41, 5.74) is 9.88. The third-order valence-corrected chi connectivity index (χ3v) is 8.92. The Morgan fingerprint density at radius 1 is 0.320 bits per heavy atom. The van der Waals surface area contributed by atoms with Gasteiger partial charge in [-0.05, 0) is 71.8 Å². The van der Waals surface area contributed by atoms with E-state index < -0.39 is 0 Å². The summed E-state index contributed by atoms with van der Waals surface area (Å²) in [6.07, 6.45) is 0. The van der Waals surface area contributed by atoms with Gasteiger partial charge in [0.25, 0.3) is 0 Å². The van der Waals surface area contributed by atoms with Gasteiger partial charge < -0.3 is 9.32 Å². The maximum Gasteiger partial charge on any atom is 0.164 e. The number of rotatable bonds is 7. The van der Waals surface area contributed by atoms with Crippen LogP contribution < -0.4 is 4.90 Å². The van der Waals surface area contributed by atoms with E-state index in [9.17, 15) is 0 Å². The van der Waals surface area contributed by atoms with Crippen LogP contribution in [0.25, 0.3) is 67.2 Å². The summed E-state index contributed by atoms with van der Waals surface area (Å²) in [6, 6.07) is 62.2. The van der Waals surface area contributed by atoms with Crippen molar-refractivity contribution in [2.45, 2.75) is 0 Å². The summed E-state index contributed by atoms with van der Waals surface area (Å²) in [4.78, 5) is 16.9. The minimum atomic E-state index is 0.598. The lowest BCUT2D eigenvalue weighted by molar-refractivity contribution is 0.669. The first-order valence-corrected chi connectivity index (χ1v) is 16.6. The lowest BCUT2D eigenvalue weighted by Gasteiger charge is -2.25. The van der Waals surface area contributed by atoms with Crippen LogP contribution in [0.2, 0.25) is 0 Å². The second-order valence-electron chi connectivity index (χ2n) is 12.1. The van der Waals surface area contributed by atoms with Gasteiger partial charge in [-0.25, -0.2) is 15.0 Å². The molecule has 0 saturated heterocycles. The van der Waals surface area contributed by atoms with Crippen molar-refractivity contribution in [2.75, 3.05) is 4.90 Å². The Bertz CT molecular complexity index is 2470. The first kappa shape index (κ1) is 29.3. The fraction of sp³-hybridized carbons (Fsp3) is 0. The SMILES string of the molecule is c1ccc(-c2nc(-c3ccccc3)nc(-c3ccc4c(c3)oc3cc(-c5ccc(N(c6ccccc6)c6ccccc6)cc5)ccc34)n2)cc1. The molecule has 0 aliphatic rings. The van der Waals surface area contributed by atoms with Crippen LogP contribution in [0, 0.1) is 0 Å². The van der Waals surface area contributed by atoms with E-state index in [1.807, 2.05) is 78.9 Å². The average Bonchev–Trinajstić information content (AvgIpc) is 3.57. The molecule has 0 spiro atoms. The number of fused-ring (bicyclic) bond motifs is 3. The monoisotopic (exact) mass is 642 g/mol. The zero-order valence-corrected chi connectivity index (χ0v) is 27.0. The molecule has 0 radical (unpaired) electrons. The number of aromatic nitrogens is 3. The van der Waals surface area contributed by atoms with Crippen molar-refractivity contribution in [3.05, 3.63) is 182 Å². The molecule has 0 amide bonds. The van der Waals surface area contributed by atoms with Crippen molar-refractivity contribution in [2.24, 2.45) is 0 Å². The van der Waals surface area contributed by atoms with Crippen LogP contribution in [0.4, 0.5) is 17.1 Å². The number of hydrogen-bond acceptors (Lipinski definition) is 5. The fourth-order valence-electron chi connectivity index (χ4n) is 6.44. The molecular formula is C45H30N4O. The molecule has 0 aliphatic carbocycles. The summed E-state index contributed by atoms with van der Waals surface area (Å²) in [5.74, 6) is 1.86.